The Hall–Kier alpha value is -3.02. The van der Waals surface area contributed by atoms with Crippen LogP contribution >= 0.6 is 0 Å². The van der Waals surface area contributed by atoms with Crippen molar-refractivity contribution in [2.75, 3.05) is 20.2 Å². The average molecular weight is 421 g/mol. The summed E-state index contributed by atoms with van der Waals surface area (Å²) in [6, 6.07) is 23.0. The molecule has 0 aliphatic rings. The third-order valence-electron chi connectivity index (χ3n) is 5.23. The highest BCUT2D eigenvalue weighted by molar-refractivity contribution is 5.64. The predicted octanol–water partition coefficient (Wildman–Crippen LogP) is 4.95. The quantitative estimate of drug-likeness (QED) is 0.447. The number of carbonyl (C=O) groups is 1. The van der Waals surface area contributed by atoms with Gasteiger partial charge < -0.3 is 15.0 Å². The van der Waals surface area contributed by atoms with Gasteiger partial charge in [-0.15, -0.1) is 0 Å². The summed E-state index contributed by atoms with van der Waals surface area (Å²) in [5.74, 6) is -0.317. The van der Waals surface area contributed by atoms with Crippen molar-refractivity contribution in [3.63, 3.8) is 0 Å². The highest BCUT2D eigenvalue weighted by Crippen LogP contribution is 2.23. The molecule has 3 aromatic rings. The molecule has 0 radical (unpaired) electrons. The smallest absolute Gasteiger partial charge is 0.210 e. The molecule has 0 bridgehead atoms. The first-order valence-electron chi connectivity index (χ1n) is 10.5. The second-order valence-corrected chi connectivity index (χ2v) is 7.49. The summed E-state index contributed by atoms with van der Waals surface area (Å²) in [6.07, 6.45) is 0.420. The molecule has 0 saturated carbocycles. The molecule has 1 atom stereocenters. The number of halogens is 1. The number of rotatable bonds is 11. The van der Waals surface area contributed by atoms with Gasteiger partial charge in [0.1, 0.15) is 5.82 Å². The fourth-order valence-corrected chi connectivity index (χ4v) is 3.55. The molecule has 0 saturated heterocycles. The standard InChI is InChI=1S/C26H29FN2O2/c1-3-28-16-21-6-4-7-23(14-21)22-12-10-20(11-13-22)17-29(19-30)18-26(31-2)24-8-5-9-25(27)15-24/h4-15,19,26,28H,3,16-18H2,1-2H3. The van der Waals surface area contributed by atoms with Gasteiger partial charge in [0.2, 0.25) is 6.41 Å². The van der Waals surface area contributed by atoms with Crippen LogP contribution in [0.15, 0.2) is 72.8 Å². The van der Waals surface area contributed by atoms with E-state index >= 15 is 0 Å². The Labute approximate surface area is 183 Å². The first-order chi connectivity index (χ1) is 15.1. The third kappa shape index (κ3) is 6.48. The normalized spacial score (nSPS) is 11.8. The van der Waals surface area contributed by atoms with Crippen molar-refractivity contribution in [1.29, 1.82) is 0 Å². The maximum absolute atomic E-state index is 13.6. The maximum Gasteiger partial charge on any atom is 0.210 e. The van der Waals surface area contributed by atoms with Crippen molar-refractivity contribution in [1.82, 2.24) is 10.2 Å². The molecule has 1 N–H and O–H groups in total. The number of hydrogen-bond acceptors (Lipinski definition) is 3. The van der Waals surface area contributed by atoms with E-state index in [4.69, 9.17) is 4.74 Å². The van der Waals surface area contributed by atoms with Crippen LogP contribution in [0.25, 0.3) is 11.1 Å². The minimum Gasteiger partial charge on any atom is -0.375 e. The summed E-state index contributed by atoms with van der Waals surface area (Å²) < 4.78 is 19.1. The fourth-order valence-electron chi connectivity index (χ4n) is 3.55. The van der Waals surface area contributed by atoms with E-state index in [1.54, 1.807) is 24.1 Å². The molecule has 162 valence electrons. The molecule has 5 heteroatoms. The van der Waals surface area contributed by atoms with Crippen LogP contribution in [0.1, 0.15) is 29.7 Å². The Balaban J connectivity index is 1.67. The number of nitrogens with one attached hydrogen (secondary N) is 1. The molecular weight excluding hydrogens is 391 g/mol. The minimum atomic E-state index is -0.389. The molecule has 3 aromatic carbocycles. The number of methoxy groups -OCH3 is 1. The Bertz CT molecular complexity index is 975. The lowest BCUT2D eigenvalue weighted by Gasteiger charge is -2.24. The van der Waals surface area contributed by atoms with Gasteiger partial charge in [-0.25, -0.2) is 4.39 Å². The summed E-state index contributed by atoms with van der Waals surface area (Å²) in [5.41, 5.74) is 5.28. The topological polar surface area (TPSA) is 41.6 Å². The van der Waals surface area contributed by atoms with Crippen LogP contribution in [-0.4, -0.2) is 31.5 Å². The summed E-state index contributed by atoms with van der Waals surface area (Å²) in [5, 5.41) is 3.35. The Morgan fingerprint density at radius 3 is 2.45 bits per heavy atom. The molecule has 0 aliphatic heterocycles. The number of carbonyl (C=O) groups excluding carboxylic acids is 1. The zero-order valence-electron chi connectivity index (χ0n) is 18.1. The number of nitrogens with zero attached hydrogens (tertiary/aromatic N) is 1. The summed E-state index contributed by atoms with van der Waals surface area (Å²) in [6.45, 7) is 4.69. The van der Waals surface area contributed by atoms with Gasteiger partial charge in [-0.3, -0.25) is 4.79 Å². The van der Waals surface area contributed by atoms with E-state index in [1.807, 2.05) is 12.1 Å². The van der Waals surface area contributed by atoms with Crippen molar-refractivity contribution in [3.05, 3.63) is 95.3 Å². The number of amides is 1. The van der Waals surface area contributed by atoms with Crippen molar-refractivity contribution in [3.8, 4) is 11.1 Å². The molecule has 1 unspecified atom stereocenters. The molecular formula is C26H29FN2O2. The van der Waals surface area contributed by atoms with Crippen LogP contribution in [0.3, 0.4) is 0 Å². The molecule has 0 aromatic heterocycles. The zero-order chi connectivity index (χ0) is 22.1. The summed E-state index contributed by atoms with van der Waals surface area (Å²) in [4.78, 5) is 13.3. The van der Waals surface area contributed by atoms with Gasteiger partial charge >= 0.3 is 0 Å². The highest BCUT2D eigenvalue weighted by Gasteiger charge is 2.16. The second-order valence-electron chi connectivity index (χ2n) is 7.49. The lowest BCUT2D eigenvalue weighted by molar-refractivity contribution is -0.120. The molecule has 0 spiro atoms. The largest absolute Gasteiger partial charge is 0.375 e. The van der Waals surface area contributed by atoms with Crippen LogP contribution in [0.2, 0.25) is 0 Å². The second kappa shape index (κ2) is 11.4. The Morgan fingerprint density at radius 2 is 1.77 bits per heavy atom. The van der Waals surface area contributed by atoms with Crippen LogP contribution in [0, 0.1) is 5.82 Å². The van der Waals surface area contributed by atoms with E-state index in [0.717, 1.165) is 30.6 Å². The summed E-state index contributed by atoms with van der Waals surface area (Å²) >= 11 is 0. The van der Waals surface area contributed by atoms with Gasteiger partial charge in [0.15, 0.2) is 0 Å². The fraction of sp³-hybridized carbons (Fsp3) is 0.269. The molecule has 3 rings (SSSR count). The van der Waals surface area contributed by atoms with E-state index in [1.165, 1.54) is 23.3 Å². The number of ether oxygens (including phenoxy) is 1. The van der Waals surface area contributed by atoms with Crippen LogP contribution in [0.5, 0.6) is 0 Å². The van der Waals surface area contributed by atoms with Gasteiger partial charge in [-0.2, -0.15) is 0 Å². The molecule has 4 nitrogen and oxygen atoms in total. The van der Waals surface area contributed by atoms with E-state index in [2.05, 4.69) is 48.6 Å². The van der Waals surface area contributed by atoms with Crippen molar-refractivity contribution in [2.45, 2.75) is 26.1 Å². The maximum atomic E-state index is 13.6. The molecule has 0 aliphatic carbocycles. The molecule has 31 heavy (non-hydrogen) atoms. The third-order valence-corrected chi connectivity index (χ3v) is 5.23. The van der Waals surface area contributed by atoms with Gasteiger partial charge in [-0.1, -0.05) is 61.5 Å². The van der Waals surface area contributed by atoms with Gasteiger partial charge in [0.05, 0.1) is 12.6 Å². The minimum absolute atomic E-state index is 0.317. The molecule has 1 amide bonds. The highest BCUT2D eigenvalue weighted by atomic mass is 19.1. The average Bonchev–Trinajstić information content (AvgIpc) is 2.81. The van der Waals surface area contributed by atoms with Crippen molar-refractivity contribution in [2.24, 2.45) is 0 Å². The van der Waals surface area contributed by atoms with E-state index in [9.17, 15) is 9.18 Å². The van der Waals surface area contributed by atoms with Gasteiger partial charge in [0, 0.05) is 20.2 Å². The Morgan fingerprint density at radius 1 is 1.00 bits per heavy atom. The van der Waals surface area contributed by atoms with E-state index in [-0.39, 0.29) is 11.9 Å². The van der Waals surface area contributed by atoms with Crippen LogP contribution < -0.4 is 5.32 Å². The van der Waals surface area contributed by atoms with Crippen LogP contribution in [0.4, 0.5) is 4.39 Å². The predicted molar refractivity (Wildman–Crippen MR) is 122 cm³/mol. The van der Waals surface area contributed by atoms with Crippen LogP contribution in [-0.2, 0) is 22.6 Å². The first-order valence-corrected chi connectivity index (χ1v) is 10.5. The number of hydrogen-bond donors (Lipinski definition) is 1. The SMILES string of the molecule is CCNCc1cccc(-c2ccc(CN(C=O)CC(OC)c3cccc(F)c3)cc2)c1. The lowest BCUT2D eigenvalue weighted by atomic mass is 10.0. The van der Waals surface area contributed by atoms with Crippen molar-refractivity contribution < 1.29 is 13.9 Å². The lowest BCUT2D eigenvalue weighted by Crippen LogP contribution is -2.28. The summed E-state index contributed by atoms with van der Waals surface area (Å²) in [7, 11) is 1.57. The Kier molecular flexibility index (Phi) is 8.33. The molecule has 0 fully saturated rings. The molecule has 0 heterocycles. The first kappa shape index (κ1) is 22.7. The monoisotopic (exact) mass is 420 g/mol. The van der Waals surface area contributed by atoms with Crippen molar-refractivity contribution >= 4 is 6.41 Å². The number of benzene rings is 3. The van der Waals surface area contributed by atoms with E-state index in [0.29, 0.717) is 18.7 Å². The zero-order valence-corrected chi connectivity index (χ0v) is 18.1. The van der Waals surface area contributed by atoms with Gasteiger partial charge in [0.25, 0.3) is 0 Å². The van der Waals surface area contributed by atoms with E-state index < -0.39 is 0 Å². The van der Waals surface area contributed by atoms with Gasteiger partial charge in [-0.05, 0) is 52.6 Å².